The molecule has 0 radical (unpaired) electrons. The molecule has 5 nitrogen and oxygen atoms in total. The standard InChI is InChI=1S/C12H11F5N2O3/c13-7-3-8(14)5-9(4-7)19-10(20)1-2-18-11(21)22-6-12(15,16)17/h3-5H,1-2,6H2,(H,18,21)(H,19,20). The van der Waals surface area contributed by atoms with Crippen molar-refractivity contribution >= 4 is 17.7 Å². The molecule has 2 N–H and O–H groups in total. The number of nitrogens with one attached hydrogen (secondary N) is 2. The topological polar surface area (TPSA) is 67.4 Å². The van der Waals surface area contributed by atoms with E-state index in [-0.39, 0.29) is 18.7 Å². The van der Waals surface area contributed by atoms with Crippen molar-refractivity contribution in [1.82, 2.24) is 5.32 Å². The van der Waals surface area contributed by atoms with E-state index >= 15 is 0 Å². The Morgan fingerprint density at radius 3 is 2.23 bits per heavy atom. The molecule has 0 spiro atoms. The van der Waals surface area contributed by atoms with Crippen molar-refractivity contribution in [3.05, 3.63) is 29.8 Å². The van der Waals surface area contributed by atoms with Gasteiger partial charge in [0.05, 0.1) is 0 Å². The van der Waals surface area contributed by atoms with Crippen LogP contribution in [0.25, 0.3) is 0 Å². The third kappa shape index (κ3) is 7.41. The molecule has 0 aliphatic carbocycles. The average Bonchev–Trinajstić information content (AvgIpc) is 2.34. The van der Waals surface area contributed by atoms with Gasteiger partial charge in [-0.3, -0.25) is 4.79 Å². The Balaban J connectivity index is 2.30. The van der Waals surface area contributed by atoms with Crippen LogP contribution in [-0.2, 0) is 9.53 Å². The number of carbonyl (C=O) groups excluding carboxylic acids is 2. The summed E-state index contributed by atoms with van der Waals surface area (Å²) < 4.78 is 64.8. The fraction of sp³-hybridized carbons (Fsp3) is 0.333. The second-order valence-corrected chi connectivity index (χ2v) is 4.07. The zero-order chi connectivity index (χ0) is 16.8. The van der Waals surface area contributed by atoms with Crippen LogP contribution in [0.3, 0.4) is 0 Å². The Morgan fingerprint density at radius 1 is 1.09 bits per heavy atom. The lowest BCUT2D eigenvalue weighted by Crippen LogP contribution is -2.31. The first kappa shape index (κ1) is 17.7. The normalized spacial score (nSPS) is 11.0. The fourth-order valence-electron chi connectivity index (χ4n) is 1.33. The third-order valence-electron chi connectivity index (χ3n) is 2.13. The van der Waals surface area contributed by atoms with Crippen LogP contribution in [0.1, 0.15) is 6.42 Å². The number of rotatable bonds is 5. The van der Waals surface area contributed by atoms with Crippen LogP contribution < -0.4 is 10.6 Å². The van der Waals surface area contributed by atoms with Crippen LogP contribution in [0, 0.1) is 11.6 Å². The highest BCUT2D eigenvalue weighted by atomic mass is 19.4. The molecular weight excluding hydrogens is 315 g/mol. The number of hydrogen-bond donors (Lipinski definition) is 2. The highest BCUT2D eigenvalue weighted by Crippen LogP contribution is 2.14. The minimum atomic E-state index is -4.64. The molecule has 0 aliphatic rings. The molecule has 0 fully saturated rings. The van der Waals surface area contributed by atoms with E-state index in [1.165, 1.54) is 0 Å². The summed E-state index contributed by atoms with van der Waals surface area (Å²) >= 11 is 0. The number of carbonyl (C=O) groups is 2. The van der Waals surface area contributed by atoms with Gasteiger partial charge >= 0.3 is 12.3 Å². The van der Waals surface area contributed by atoms with E-state index in [0.717, 1.165) is 12.1 Å². The van der Waals surface area contributed by atoms with Crippen molar-refractivity contribution in [1.29, 1.82) is 0 Å². The average molecular weight is 326 g/mol. The van der Waals surface area contributed by atoms with Gasteiger partial charge < -0.3 is 15.4 Å². The summed E-state index contributed by atoms with van der Waals surface area (Å²) in [6.45, 7) is -2.05. The van der Waals surface area contributed by atoms with Crippen molar-refractivity contribution in [3.8, 4) is 0 Å². The number of ether oxygens (including phenoxy) is 1. The lowest BCUT2D eigenvalue weighted by molar-refractivity contribution is -0.160. The Morgan fingerprint density at radius 2 is 1.68 bits per heavy atom. The van der Waals surface area contributed by atoms with Crippen molar-refractivity contribution in [3.63, 3.8) is 0 Å². The van der Waals surface area contributed by atoms with Crippen LogP contribution in [0.5, 0.6) is 0 Å². The lowest BCUT2D eigenvalue weighted by Gasteiger charge is -2.09. The van der Waals surface area contributed by atoms with E-state index in [0.29, 0.717) is 6.07 Å². The first-order valence-corrected chi connectivity index (χ1v) is 5.89. The molecule has 0 aliphatic heterocycles. The summed E-state index contributed by atoms with van der Waals surface area (Å²) in [7, 11) is 0. The number of anilines is 1. The summed E-state index contributed by atoms with van der Waals surface area (Å²) in [6, 6.07) is 2.38. The van der Waals surface area contributed by atoms with Gasteiger partial charge in [0, 0.05) is 24.7 Å². The van der Waals surface area contributed by atoms with Crippen molar-refractivity contribution in [2.75, 3.05) is 18.5 Å². The summed E-state index contributed by atoms with van der Waals surface area (Å²) in [6.07, 6.45) is -6.29. The highest BCUT2D eigenvalue weighted by Gasteiger charge is 2.29. The summed E-state index contributed by atoms with van der Waals surface area (Å²) in [5.41, 5.74) is -0.123. The van der Waals surface area contributed by atoms with Crippen LogP contribution in [0.4, 0.5) is 32.4 Å². The second-order valence-electron chi connectivity index (χ2n) is 4.07. The smallest absolute Gasteiger partial charge is 0.422 e. The molecule has 1 rings (SSSR count). The van der Waals surface area contributed by atoms with Gasteiger partial charge in [-0.25, -0.2) is 13.6 Å². The fourth-order valence-corrected chi connectivity index (χ4v) is 1.33. The van der Waals surface area contributed by atoms with E-state index in [4.69, 9.17) is 0 Å². The molecule has 10 heteroatoms. The molecule has 1 aromatic rings. The summed E-state index contributed by atoms with van der Waals surface area (Å²) in [4.78, 5) is 22.3. The lowest BCUT2D eigenvalue weighted by atomic mass is 10.3. The number of alkyl carbamates (subject to hydrolysis) is 1. The van der Waals surface area contributed by atoms with Gasteiger partial charge in [-0.05, 0) is 12.1 Å². The molecule has 0 aromatic heterocycles. The molecule has 0 saturated heterocycles. The van der Waals surface area contributed by atoms with Gasteiger partial charge in [0.1, 0.15) is 11.6 Å². The summed E-state index contributed by atoms with van der Waals surface area (Å²) in [5.74, 6) is -2.46. The van der Waals surface area contributed by atoms with Gasteiger partial charge in [-0.15, -0.1) is 0 Å². The Bertz CT molecular complexity index is 528. The van der Waals surface area contributed by atoms with E-state index in [2.05, 4.69) is 10.1 Å². The van der Waals surface area contributed by atoms with Gasteiger partial charge in [0.2, 0.25) is 5.91 Å². The van der Waals surface area contributed by atoms with Crippen LogP contribution in [0.2, 0.25) is 0 Å². The highest BCUT2D eigenvalue weighted by molar-refractivity contribution is 5.91. The minimum absolute atomic E-state index is 0.123. The van der Waals surface area contributed by atoms with Gasteiger partial charge in [-0.1, -0.05) is 0 Å². The predicted molar refractivity (Wildman–Crippen MR) is 65.0 cm³/mol. The molecular formula is C12H11F5N2O3. The number of alkyl halides is 3. The van der Waals surface area contributed by atoms with Gasteiger partial charge in [-0.2, -0.15) is 13.2 Å². The molecule has 0 unspecified atom stereocenters. The first-order chi connectivity index (χ1) is 10.2. The molecule has 0 atom stereocenters. The monoisotopic (exact) mass is 326 g/mol. The van der Waals surface area contributed by atoms with Crippen molar-refractivity contribution in [2.24, 2.45) is 0 Å². The van der Waals surface area contributed by atoms with Crippen LogP contribution >= 0.6 is 0 Å². The van der Waals surface area contributed by atoms with Crippen molar-refractivity contribution < 1.29 is 36.3 Å². The maximum absolute atomic E-state index is 12.9. The molecule has 2 amide bonds. The zero-order valence-electron chi connectivity index (χ0n) is 11.0. The maximum Gasteiger partial charge on any atom is 0.422 e. The number of halogens is 5. The Kier molecular flexibility index (Phi) is 6.08. The van der Waals surface area contributed by atoms with E-state index < -0.39 is 36.4 Å². The molecule has 22 heavy (non-hydrogen) atoms. The Labute approximate surface area is 121 Å². The molecule has 1 aromatic carbocycles. The van der Waals surface area contributed by atoms with Crippen LogP contribution in [0.15, 0.2) is 18.2 Å². The van der Waals surface area contributed by atoms with Gasteiger partial charge in [0.25, 0.3) is 0 Å². The number of amides is 2. The zero-order valence-corrected chi connectivity index (χ0v) is 11.0. The molecule has 0 heterocycles. The largest absolute Gasteiger partial charge is 0.440 e. The maximum atomic E-state index is 12.9. The van der Waals surface area contributed by atoms with Gasteiger partial charge in [0.15, 0.2) is 6.61 Å². The molecule has 122 valence electrons. The van der Waals surface area contributed by atoms with Crippen molar-refractivity contribution in [2.45, 2.75) is 12.6 Å². The molecule has 0 saturated carbocycles. The number of benzene rings is 1. The summed E-state index contributed by atoms with van der Waals surface area (Å²) in [5, 5.41) is 4.09. The third-order valence-corrected chi connectivity index (χ3v) is 2.13. The van der Waals surface area contributed by atoms with E-state index in [9.17, 15) is 31.5 Å². The van der Waals surface area contributed by atoms with E-state index in [1.807, 2.05) is 5.32 Å². The van der Waals surface area contributed by atoms with E-state index in [1.54, 1.807) is 0 Å². The Hall–Kier alpha value is -2.39. The predicted octanol–water partition coefficient (Wildman–Crippen LogP) is 2.58. The quantitative estimate of drug-likeness (QED) is 0.817. The SMILES string of the molecule is O=C(CCNC(=O)OCC(F)(F)F)Nc1cc(F)cc(F)c1. The minimum Gasteiger partial charge on any atom is -0.440 e. The molecule has 0 bridgehead atoms. The number of hydrogen-bond acceptors (Lipinski definition) is 3. The second kappa shape index (κ2) is 7.57. The van der Waals surface area contributed by atoms with Crippen LogP contribution in [-0.4, -0.2) is 31.3 Å². The first-order valence-electron chi connectivity index (χ1n) is 5.89.